The van der Waals surface area contributed by atoms with Gasteiger partial charge < -0.3 is 24.3 Å². The van der Waals surface area contributed by atoms with Crippen LogP contribution in [0, 0.1) is 11.3 Å². The molecule has 3 aliphatic carbocycles. The van der Waals surface area contributed by atoms with Crippen LogP contribution in [-0.4, -0.2) is 63.6 Å². The van der Waals surface area contributed by atoms with Crippen LogP contribution in [0.3, 0.4) is 0 Å². The maximum atomic E-state index is 11.1. The third kappa shape index (κ3) is 2.47. The summed E-state index contributed by atoms with van der Waals surface area (Å²) in [6, 6.07) is 6.19. The van der Waals surface area contributed by atoms with Gasteiger partial charge in [0.1, 0.15) is 11.6 Å². The smallest absolute Gasteiger partial charge is 0.181 e. The van der Waals surface area contributed by atoms with Gasteiger partial charge in [0.25, 0.3) is 0 Å². The molecule has 6 heteroatoms. The molecule has 0 amide bonds. The average Bonchev–Trinajstić information content (AvgIpc) is 3.50. The topological polar surface area (TPSA) is 79.0 Å². The van der Waals surface area contributed by atoms with Crippen molar-refractivity contribution in [3.8, 4) is 0 Å². The van der Waals surface area contributed by atoms with Crippen LogP contribution >= 0.6 is 0 Å². The molecule has 1 aromatic heterocycles. The molecule has 1 saturated carbocycles. The maximum absolute atomic E-state index is 11.1. The summed E-state index contributed by atoms with van der Waals surface area (Å²) >= 11 is 0. The molecule has 7 rings (SSSR count). The molecule has 2 aromatic rings. The number of ether oxygens (including phenoxy) is 1. The second kappa shape index (κ2) is 6.70. The Labute approximate surface area is 199 Å². The first-order chi connectivity index (χ1) is 16.3. The highest BCUT2D eigenvalue weighted by Crippen LogP contribution is 2.67. The Hall–Kier alpha value is -2.25. The summed E-state index contributed by atoms with van der Waals surface area (Å²) in [5, 5.41) is 22.0. The molecule has 34 heavy (non-hydrogen) atoms. The molecule has 1 aromatic carbocycles. The van der Waals surface area contributed by atoms with Gasteiger partial charge in [0.2, 0.25) is 0 Å². The minimum atomic E-state index is -0.891. The number of aliphatic hydroxyl groups is 2. The Bertz CT molecular complexity index is 1290. The normalized spacial score (nSPS) is 42.7. The molecule has 5 aliphatic rings. The molecule has 7 atom stereocenters. The number of likely N-dealkylation sites (N-methyl/N-ethyl adjacent to an activating group) is 1. The molecule has 2 bridgehead atoms. The van der Waals surface area contributed by atoms with Crippen molar-refractivity contribution in [3.63, 3.8) is 0 Å². The van der Waals surface area contributed by atoms with E-state index in [-0.39, 0.29) is 17.1 Å². The van der Waals surface area contributed by atoms with E-state index in [0.717, 1.165) is 42.4 Å². The Balaban J connectivity index is 1.30. The van der Waals surface area contributed by atoms with Crippen LogP contribution in [0.15, 0.2) is 58.4 Å². The summed E-state index contributed by atoms with van der Waals surface area (Å²) in [6.07, 6.45) is 11.2. The number of aliphatic hydroxyl groups excluding tert-OH is 2. The van der Waals surface area contributed by atoms with E-state index < -0.39 is 17.8 Å². The van der Waals surface area contributed by atoms with E-state index in [2.05, 4.69) is 42.3 Å². The van der Waals surface area contributed by atoms with Crippen molar-refractivity contribution in [2.45, 2.75) is 68.5 Å². The Morgan fingerprint density at radius 1 is 1.15 bits per heavy atom. The Kier molecular flexibility index (Phi) is 4.15. The monoisotopic (exact) mass is 460 g/mol. The lowest BCUT2D eigenvalue weighted by Gasteiger charge is -2.55. The van der Waals surface area contributed by atoms with Gasteiger partial charge in [-0.25, -0.2) is 4.98 Å². The molecule has 2 aliphatic heterocycles. The van der Waals surface area contributed by atoms with Gasteiger partial charge in [-0.05, 0) is 80.6 Å². The number of allylic oxidation sites excluding steroid dienone is 3. The van der Waals surface area contributed by atoms with Crippen LogP contribution in [0.2, 0.25) is 0 Å². The van der Waals surface area contributed by atoms with Crippen molar-refractivity contribution in [3.05, 3.63) is 59.5 Å². The molecular weight excluding hydrogens is 428 g/mol. The zero-order chi connectivity index (χ0) is 23.5. The van der Waals surface area contributed by atoms with Gasteiger partial charge in [0, 0.05) is 17.4 Å². The molecule has 178 valence electrons. The lowest BCUT2D eigenvalue weighted by molar-refractivity contribution is -0.161. The Morgan fingerprint density at radius 2 is 2.00 bits per heavy atom. The van der Waals surface area contributed by atoms with Crippen LogP contribution in [0.25, 0.3) is 16.7 Å². The van der Waals surface area contributed by atoms with E-state index in [1.54, 1.807) is 0 Å². The number of hydrogen-bond acceptors (Lipinski definition) is 6. The molecule has 1 saturated heterocycles. The Morgan fingerprint density at radius 3 is 2.82 bits per heavy atom. The van der Waals surface area contributed by atoms with E-state index in [4.69, 9.17) is 9.15 Å². The predicted molar refractivity (Wildman–Crippen MR) is 129 cm³/mol. The van der Waals surface area contributed by atoms with E-state index >= 15 is 0 Å². The van der Waals surface area contributed by atoms with E-state index in [1.165, 1.54) is 23.1 Å². The number of aromatic nitrogens is 1. The third-order valence-corrected chi connectivity index (χ3v) is 9.73. The minimum absolute atomic E-state index is 0.0362. The molecule has 6 nitrogen and oxygen atoms in total. The fourth-order valence-corrected chi connectivity index (χ4v) is 7.97. The lowest BCUT2D eigenvalue weighted by atomic mass is 9.58. The summed E-state index contributed by atoms with van der Waals surface area (Å²) in [5.74, 6) is 0.335. The number of oxazole rings is 1. The van der Waals surface area contributed by atoms with Crippen molar-refractivity contribution < 1.29 is 19.4 Å². The SMILES string of the molecule is CN(C)[C@H]1C[C@@]23CC[C@@]4(O2)C(=CC[C@]2(C)C(c5ccc6ocnc6c5)=CCC24)C=C3[C@@H](O)[C@@H]1O. The molecule has 1 unspecified atom stereocenters. The van der Waals surface area contributed by atoms with Crippen LogP contribution in [0.1, 0.15) is 44.6 Å². The van der Waals surface area contributed by atoms with Crippen molar-refractivity contribution in [1.29, 1.82) is 0 Å². The maximum Gasteiger partial charge on any atom is 0.181 e. The molecule has 3 heterocycles. The number of fused-ring (bicyclic) bond motifs is 2. The fourth-order valence-electron chi connectivity index (χ4n) is 7.97. The number of nitrogens with zero attached hydrogens (tertiary/aromatic N) is 2. The average molecular weight is 461 g/mol. The summed E-state index contributed by atoms with van der Waals surface area (Å²) < 4.78 is 12.7. The van der Waals surface area contributed by atoms with Crippen molar-refractivity contribution in [2.24, 2.45) is 11.3 Å². The van der Waals surface area contributed by atoms with Crippen LogP contribution in [-0.2, 0) is 4.74 Å². The van der Waals surface area contributed by atoms with Gasteiger partial charge in [-0.15, -0.1) is 0 Å². The molecular formula is C28H32N2O4. The zero-order valence-electron chi connectivity index (χ0n) is 20.0. The quantitative estimate of drug-likeness (QED) is 0.709. The number of benzene rings is 1. The zero-order valence-corrected chi connectivity index (χ0v) is 20.0. The fraction of sp³-hybridized carbons (Fsp3) is 0.536. The van der Waals surface area contributed by atoms with Crippen molar-refractivity contribution in [2.75, 3.05) is 14.1 Å². The van der Waals surface area contributed by atoms with Gasteiger partial charge in [-0.3, -0.25) is 0 Å². The van der Waals surface area contributed by atoms with E-state index in [9.17, 15) is 10.2 Å². The van der Waals surface area contributed by atoms with Gasteiger partial charge in [-0.2, -0.15) is 0 Å². The number of rotatable bonds is 2. The summed E-state index contributed by atoms with van der Waals surface area (Å²) in [6.45, 7) is 2.39. The molecule has 0 radical (unpaired) electrons. The van der Waals surface area contributed by atoms with Crippen LogP contribution in [0.4, 0.5) is 0 Å². The van der Waals surface area contributed by atoms with E-state index in [0.29, 0.717) is 12.3 Å². The predicted octanol–water partition coefficient (Wildman–Crippen LogP) is 3.85. The van der Waals surface area contributed by atoms with Gasteiger partial charge in [-0.1, -0.05) is 31.2 Å². The van der Waals surface area contributed by atoms with Crippen molar-refractivity contribution >= 4 is 16.7 Å². The van der Waals surface area contributed by atoms with Crippen LogP contribution < -0.4 is 0 Å². The van der Waals surface area contributed by atoms with Gasteiger partial charge in [0.05, 0.1) is 17.3 Å². The first-order valence-electron chi connectivity index (χ1n) is 12.5. The molecule has 2 spiro atoms. The highest BCUT2D eigenvalue weighted by atomic mass is 16.5. The summed E-state index contributed by atoms with van der Waals surface area (Å²) in [4.78, 5) is 6.40. The third-order valence-electron chi connectivity index (χ3n) is 9.73. The minimum Gasteiger partial charge on any atom is -0.443 e. The van der Waals surface area contributed by atoms with E-state index in [1.807, 2.05) is 25.1 Å². The highest BCUT2D eigenvalue weighted by Gasteiger charge is 2.67. The highest BCUT2D eigenvalue weighted by molar-refractivity contribution is 5.82. The van der Waals surface area contributed by atoms with Gasteiger partial charge in [0.15, 0.2) is 12.0 Å². The lowest BCUT2D eigenvalue weighted by Crippen LogP contribution is -2.61. The standard InChI is InChI=1S/C28H32N2O4/c1-26-9-8-17-13-19-24(31)25(32)21(30(2)3)14-27(19)10-11-28(17,34-27)23(26)7-5-18(26)16-4-6-22-20(12-16)29-15-33-22/h4-6,8,12-13,15,21,23-25,31-32H,7,9-11,14H2,1-3H3/t21-,23?,24+,25+,26+,27+,28+/m0/s1. The first-order valence-corrected chi connectivity index (χ1v) is 12.5. The van der Waals surface area contributed by atoms with Gasteiger partial charge >= 0.3 is 0 Å². The second-order valence-corrected chi connectivity index (χ2v) is 11.5. The summed E-state index contributed by atoms with van der Waals surface area (Å²) in [5.41, 5.74) is 5.50. The summed E-state index contributed by atoms with van der Waals surface area (Å²) in [7, 11) is 3.95. The largest absolute Gasteiger partial charge is 0.443 e. The molecule has 2 fully saturated rings. The van der Waals surface area contributed by atoms with Crippen LogP contribution in [0.5, 0.6) is 0 Å². The number of hydrogen-bond donors (Lipinski definition) is 2. The first kappa shape index (κ1) is 21.1. The molecule has 2 N–H and O–H groups in total. The second-order valence-electron chi connectivity index (χ2n) is 11.5. The van der Waals surface area contributed by atoms with Crippen molar-refractivity contribution in [1.82, 2.24) is 9.88 Å².